The molecular formula is C9H8FN3. The van der Waals surface area contributed by atoms with Gasteiger partial charge in [-0.1, -0.05) is 0 Å². The lowest BCUT2D eigenvalue weighted by molar-refractivity contribution is 0.628. The topological polar surface area (TPSA) is 54.7 Å². The Kier molecular flexibility index (Phi) is 1.73. The molecule has 2 aromatic rings. The van der Waals surface area contributed by atoms with Crippen LogP contribution in [-0.2, 0) is 0 Å². The van der Waals surface area contributed by atoms with Crippen LogP contribution in [0.4, 0.5) is 10.2 Å². The predicted octanol–water partition coefficient (Wildman–Crippen LogP) is 1.80. The molecule has 0 atom stereocenters. The number of nitrogens with one attached hydrogen (secondary N) is 1. The predicted molar refractivity (Wildman–Crippen MR) is 48.4 cm³/mol. The lowest BCUT2D eigenvalue weighted by Gasteiger charge is -1.94. The van der Waals surface area contributed by atoms with Crippen molar-refractivity contribution in [3.63, 3.8) is 0 Å². The summed E-state index contributed by atoms with van der Waals surface area (Å²) >= 11 is 0. The first-order valence-electron chi connectivity index (χ1n) is 3.82. The molecule has 0 saturated carbocycles. The van der Waals surface area contributed by atoms with Crippen LogP contribution in [0.2, 0.25) is 0 Å². The molecule has 0 fully saturated rings. The van der Waals surface area contributed by atoms with Gasteiger partial charge in [0, 0.05) is 6.07 Å². The number of H-pyrrole nitrogens is 1. The van der Waals surface area contributed by atoms with Gasteiger partial charge in [0.1, 0.15) is 11.6 Å². The van der Waals surface area contributed by atoms with Crippen LogP contribution in [-0.4, -0.2) is 10.2 Å². The lowest BCUT2D eigenvalue weighted by Crippen LogP contribution is -1.81. The fourth-order valence-electron chi connectivity index (χ4n) is 1.11. The average Bonchev–Trinajstić information content (AvgIpc) is 2.53. The third-order valence-corrected chi connectivity index (χ3v) is 1.75. The van der Waals surface area contributed by atoms with Gasteiger partial charge in [0.2, 0.25) is 0 Å². The van der Waals surface area contributed by atoms with Crippen molar-refractivity contribution in [3.8, 4) is 11.3 Å². The van der Waals surface area contributed by atoms with Gasteiger partial charge in [-0.15, -0.1) is 0 Å². The summed E-state index contributed by atoms with van der Waals surface area (Å²) < 4.78 is 12.6. The van der Waals surface area contributed by atoms with Crippen LogP contribution in [0.1, 0.15) is 0 Å². The number of benzene rings is 1. The fraction of sp³-hybridized carbons (Fsp3) is 0. The molecule has 0 aliphatic heterocycles. The van der Waals surface area contributed by atoms with E-state index in [0.29, 0.717) is 5.82 Å². The van der Waals surface area contributed by atoms with Crippen molar-refractivity contribution in [2.75, 3.05) is 5.73 Å². The smallest absolute Gasteiger partial charge is 0.145 e. The summed E-state index contributed by atoms with van der Waals surface area (Å²) in [6.45, 7) is 0. The maximum atomic E-state index is 12.6. The van der Waals surface area contributed by atoms with E-state index in [1.165, 1.54) is 12.1 Å². The normalized spacial score (nSPS) is 10.2. The molecule has 0 spiro atoms. The van der Waals surface area contributed by atoms with E-state index in [2.05, 4.69) is 10.2 Å². The molecule has 1 aromatic heterocycles. The first kappa shape index (κ1) is 7.79. The van der Waals surface area contributed by atoms with Crippen molar-refractivity contribution < 1.29 is 4.39 Å². The maximum Gasteiger partial charge on any atom is 0.145 e. The van der Waals surface area contributed by atoms with Gasteiger partial charge < -0.3 is 5.73 Å². The first-order valence-corrected chi connectivity index (χ1v) is 3.82. The molecule has 0 amide bonds. The molecule has 1 heterocycles. The maximum absolute atomic E-state index is 12.6. The van der Waals surface area contributed by atoms with Gasteiger partial charge in [-0.05, 0) is 29.8 Å². The molecule has 66 valence electrons. The van der Waals surface area contributed by atoms with Crippen molar-refractivity contribution in [3.05, 3.63) is 36.1 Å². The summed E-state index contributed by atoms with van der Waals surface area (Å²) in [6, 6.07) is 7.83. The fourth-order valence-corrected chi connectivity index (χ4v) is 1.11. The summed E-state index contributed by atoms with van der Waals surface area (Å²) in [5.74, 6) is 0.176. The van der Waals surface area contributed by atoms with E-state index in [1.807, 2.05) is 0 Å². The Morgan fingerprint density at radius 2 is 1.92 bits per heavy atom. The van der Waals surface area contributed by atoms with Crippen molar-refractivity contribution in [1.82, 2.24) is 10.2 Å². The molecular weight excluding hydrogens is 169 g/mol. The van der Waals surface area contributed by atoms with Crippen LogP contribution >= 0.6 is 0 Å². The minimum absolute atomic E-state index is 0.253. The Labute approximate surface area is 74.4 Å². The van der Waals surface area contributed by atoms with Gasteiger partial charge in [0.15, 0.2) is 0 Å². The standard InChI is InChI=1S/C9H8FN3/c10-7-3-1-6(2-4-7)8-5-9(11)13-12-8/h1-5H,(H3,11,12,13). The summed E-state index contributed by atoms with van der Waals surface area (Å²) in [6.07, 6.45) is 0. The number of hydrogen-bond donors (Lipinski definition) is 2. The number of halogens is 1. The van der Waals surface area contributed by atoms with Crippen LogP contribution in [0.3, 0.4) is 0 Å². The number of anilines is 1. The molecule has 0 bridgehead atoms. The van der Waals surface area contributed by atoms with E-state index in [4.69, 9.17) is 5.73 Å². The molecule has 0 saturated heterocycles. The molecule has 0 radical (unpaired) electrons. The molecule has 3 N–H and O–H groups in total. The molecule has 4 heteroatoms. The van der Waals surface area contributed by atoms with E-state index in [9.17, 15) is 4.39 Å². The number of nitrogen functional groups attached to an aromatic ring is 1. The summed E-state index contributed by atoms with van der Waals surface area (Å²) in [4.78, 5) is 0. The zero-order valence-corrected chi connectivity index (χ0v) is 6.79. The van der Waals surface area contributed by atoms with E-state index >= 15 is 0 Å². The van der Waals surface area contributed by atoms with Crippen molar-refractivity contribution >= 4 is 5.82 Å². The highest BCUT2D eigenvalue weighted by molar-refractivity contribution is 5.61. The highest BCUT2D eigenvalue weighted by Crippen LogP contribution is 2.18. The minimum atomic E-state index is -0.253. The van der Waals surface area contributed by atoms with Crippen LogP contribution in [0.25, 0.3) is 11.3 Å². The Morgan fingerprint density at radius 3 is 2.46 bits per heavy atom. The van der Waals surface area contributed by atoms with Gasteiger partial charge in [0.25, 0.3) is 0 Å². The summed E-state index contributed by atoms with van der Waals surface area (Å²) in [5, 5.41) is 6.52. The van der Waals surface area contributed by atoms with Crippen molar-refractivity contribution in [2.24, 2.45) is 0 Å². The van der Waals surface area contributed by atoms with E-state index in [1.54, 1.807) is 18.2 Å². The SMILES string of the molecule is Nc1cc(-c2ccc(F)cc2)[nH]n1. The molecule has 2 rings (SSSR count). The highest BCUT2D eigenvalue weighted by Gasteiger charge is 2.00. The number of hydrogen-bond acceptors (Lipinski definition) is 2. The lowest BCUT2D eigenvalue weighted by atomic mass is 10.1. The van der Waals surface area contributed by atoms with Crippen LogP contribution in [0.5, 0.6) is 0 Å². The number of nitrogens with zero attached hydrogens (tertiary/aromatic N) is 1. The monoisotopic (exact) mass is 177 g/mol. The third-order valence-electron chi connectivity index (χ3n) is 1.75. The summed E-state index contributed by atoms with van der Waals surface area (Å²) in [7, 11) is 0. The average molecular weight is 177 g/mol. The largest absolute Gasteiger partial charge is 0.382 e. The van der Waals surface area contributed by atoms with E-state index in [-0.39, 0.29) is 5.82 Å². The second kappa shape index (κ2) is 2.90. The van der Waals surface area contributed by atoms with Crippen LogP contribution < -0.4 is 5.73 Å². The van der Waals surface area contributed by atoms with Gasteiger partial charge in [-0.2, -0.15) is 5.10 Å². The van der Waals surface area contributed by atoms with Crippen LogP contribution in [0, 0.1) is 5.82 Å². The Bertz CT molecular complexity index is 405. The number of aromatic nitrogens is 2. The molecule has 13 heavy (non-hydrogen) atoms. The van der Waals surface area contributed by atoms with E-state index in [0.717, 1.165) is 11.3 Å². The summed E-state index contributed by atoms with van der Waals surface area (Å²) in [5.41, 5.74) is 7.09. The Balaban J connectivity index is 2.41. The molecule has 3 nitrogen and oxygen atoms in total. The number of aromatic amines is 1. The highest BCUT2D eigenvalue weighted by atomic mass is 19.1. The van der Waals surface area contributed by atoms with Gasteiger partial charge in [0.05, 0.1) is 5.69 Å². The van der Waals surface area contributed by atoms with Crippen LogP contribution in [0.15, 0.2) is 30.3 Å². The molecule has 1 aromatic carbocycles. The molecule has 0 aliphatic carbocycles. The van der Waals surface area contributed by atoms with Gasteiger partial charge in [-0.3, -0.25) is 5.10 Å². The van der Waals surface area contributed by atoms with Crippen molar-refractivity contribution in [2.45, 2.75) is 0 Å². The van der Waals surface area contributed by atoms with Crippen molar-refractivity contribution in [1.29, 1.82) is 0 Å². The molecule has 0 unspecified atom stereocenters. The van der Waals surface area contributed by atoms with E-state index < -0.39 is 0 Å². The Morgan fingerprint density at radius 1 is 1.23 bits per heavy atom. The quantitative estimate of drug-likeness (QED) is 0.697. The number of rotatable bonds is 1. The van der Waals surface area contributed by atoms with Gasteiger partial charge >= 0.3 is 0 Å². The minimum Gasteiger partial charge on any atom is -0.382 e. The zero-order chi connectivity index (χ0) is 9.26. The first-order chi connectivity index (χ1) is 6.25. The molecule has 0 aliphatic rings. The third kappa shape index (κ3) is 1.51. The second-order valence-corrected chi connectivity index (χ2v) is 2.71. The van der Waals surface area contributed by atoms with Gasteiger partial charge in [-0.25, -0.2) is 4.39 Å². The zero-order valence-electron chi connectivity index (χ0n) is 6.79. The Hall–Kier alpha value is -1.84. The number of nitrogens with two attached hydrogens (primary N) is 1. The second-order valence-electron chi connectivity index (χ2n) is 2.71.